The molecule has 77 heavy (non-hydrogen) atoms. The summed E-state index contributed by atoms with van der Waals surface area (Å²) in [5, 5.41) is 27.1. The van der Waals surface area contributed by atoms with Crippen LogP contribution in [0.5, 0.6) is 0 Å². The second-order valence-corrected chi connectivity index (χ2v) is 14.3. The molecule has 0 saturated carbocycles. The number of nitrogens with zero attached hydrogens (tertiary/aromatic N) is 12. The number of hydrogen-bond acceptors (Lipinski definition) is 18. The third-order valence-electron chi connectivity index (χ3n) is 7.53. The summed E-state index contributed by atoms with van der Waals surface area (Å²) in [6.07, 6.45) is 25.3. The van der Waals surface area contributed by atoms with Gasteiger partial charge in [0.05, 0.1) is 24.5 Å². The van der Waals surface area contributed by atoms with E-state index in [4.69, 9.17) is 45.3 Å². The number of thiocarbonyl (C=S) groups is 2. The molecule has 8 heterocycles. The van der Waals surface area contributed by atoms with E-state index < -0.39 is 0 Å². The lowest BCUT2D eigenvalue weighted by atomic mass is 10.4. The minimum Gasteiger partial charge on any atom is -0.484 e. The van der Waals surface area contributed by atoms with Crippen LogP contribution in [0.25, 0.3) is 0 Å². The number of rotatable bonds is 0. The predicted molar refractivity (Wildman–Crippen MR) is 336 cm³/mol. The number of hydrogen-bond donors (Lipinski definition) is 14. The molecule has 4 aromatic heterocycles. The van der Waals surface area contributed by atoms with Gasteiger partial charge in [0.15, 0.2) is 28.1 Å². The van der Waals surface area contributed by atoms with E-state index in [0.29, 0.717) is 15.7 Å². The van der Waals surface area contributed by atoms with Gasteiger partial charge in [-0.15, -0.1) is 12.4 Å². The van der Waals surface area contributed by atoms with Crippen LogP contribution in [-0.4, -0.2) is 165 Å². The van der Waals surface area contributed by atoms with E-state index in [1.165, 1.54) is 30.4 Å². The summed E-state index contributed by atoms with van der Waals surface area (Å²) < 4.78 is 9.63. The maximum absolute atomic E-state index is 6.83. The minimum absolute atomic E-state index is 0. The van der Waals surface area contributed by atoms with Gasteiger partial charge >= 0.3 is 0 Å². The Morgan fingerprint density at radius 1 is 0.766 bits per heavy atom. The third-order valence-corrected chi connectivity index (χ3v) is 8.72. The molecule has 0 unspecified atom stereocenters. The Labute approximate surface area is 479 Å². The van der Waals surface area contributed by atoms with Gasteiger partial charge in [0.1, 0.15) is 12.7 Å². The number of aliphatic imine (C=N–C) groups is 5. The molecule has 20 N–H and O–H groups in total. The summed E-state index contributed by atoms with van der Waals surface area (Å²) in [7, 11) is 8.48. The van der Waals surface area contributed by atoms with Crippen LogP contribution in [0.1, 0.15) is 69.7 Å². The molecule has 27 nitrogen and oxygen atoms in total. The number of aromatic amines is 2. The molecule has 0 aromatic carbocycles. The second-order valence-electron chi connectivity index (χ2n) is 12.5. The zero-order valence-corrected chi connectivity index (χ0v) is 44.9. The standard InChI is InChI=1S/C7H6N4S.C5H10N2.C5H9NO.C4H6N4.C4H9N3.C4H5N3.C4H8N2S.C4H6N2S.C2H7N3.C2H4N2.5CH4.ClH/c12-7(10-3-1-8-5-10)11-4-2-9-6-11;1-6-5-3-2-4-7-5;1-7-5-3-2-4-6-5;5-4(6)8-3-1-2-7-8;2*1-5-4-6-2-3-7-4;1-7-4-5-2-3-6-4;1-4(7)6-3-2-5;1-5-2(3)4;3-1-2-4;;;;;;/h1-6H;2-4H2,1H3,(H,6,7);2-4H2,1H3;1-3H,(H3,5,6);2-3H2,1H3,(H2,5,6,7);1H3,(H2,5,6,7);2-3H2,1H3,(H,5,6);5H2,1H3,(H,6,7);1H3,(H4,3,4,5);3-4H2;5*1H4;1H. The van der Waals surface area contributed by atoms with E-state index in [-0.39, 0.29) is 61.5 Å². The SMILES string of the molecule is C.C.C.C.C.CC(=S)NC#CN.CN=C(N)N.CN=C1CCCN1.CN=C1NCCN1.CN=c1[nH]c#c[nH]1.COC1=NCCC1.CSC1=NCCN1.Cl.N=C(N)n1cccn1.NC#CN.S=C(n1ccnc1)n1ccnc1. The molecule has 31 heteroatoms. The van der Waals surface area contributed by atoms with Crippen LogP contribution in [0.4, 0.5) is 0 Å². The minimum atomic E-state index is -0.0602. The number of methoxy groups -OCH3 is 1. The van der Waals surface area contributed by atoms with Crippen molar-refractivity contribution in [2.45, 2.75) is 69.7 Å². The molecule has 4 aromatic rings. The van der Waals surface area contributed by atoms with Crippen LogP contribution >= 0.6 is 48.6 Å². The second kappa shape index (κ2) is 60.6. The van der Waals surface area contributed by atoms with Crippen molar-refractivity contribution in [2.24, 2.45) is 64.4 Å². The van der Waals surface area contributed by atoms with E-state index in [1.807, 2.05) is 25.4 Å². The highest BCUT2D eigenvalue weighted by atomic mass is 35.5. The van der Waals surface area contributed by atoms with Crippen LogP contribution in [0.3, 0.4) is 0 Å². The molecule has 0 spiro atoms. The van der Waals surface area contributed by atoms with Crippen molar-refractivity contribution in [3.05, 3.63) is 73.9 Å². The average molecular weight is 1160 g/mol. The van der Waals surface area contributed by atoms with E-state index >= 15 is 0 Å². The number of ether oxygens (including phenoxy) is 1. The highest BCUT2D eigenvalue weighted by molar-refractivity contribution is 8.13. The van der Waals surface area contributed by atoms with Crippen molar-refractivity contribution in [2.75, 3.05) is 80.8 Å². The number of H-pyrrole nitrogens is 2. The molecule has 8 rings (SSSR count). The molecule has 0 amide bonds. The Kier molecular flexibility index (Phi) is 67.5. The smallest absolute Gasteiger partial charge is 0.214 e. The van der Waals surface area contributed by atoms with Gasteiger partial charge in [-0.3, -0.25) is 54.5 Å². The van der Waals surface area contributed by atoms with Crippen LogP contribution in [-0.2, 0) is 4.74 Å². The zero-order valence-electron chi connectivity index (χ0n) is 41.6. The molecule has 0 bridgehead atoms. The summed E-state index contributed by atoms with van der Waals surface area (Å²) >= 11 is 11.4. The Hall–Kier alpha value is -7.98. The number of guanidine groups is 2. The maximum Gasteiger partial charge on any atom is 0.214 e. The average Bonchev–Trinajstić information content (AvgIpc) is 4.24. The Morgan fingerprint density at radius 2 is 1.34 bits per heavy atom. The van der Waals surface area contributed by atoms with Crippen molar-refractivity contribution in [1.82, 2.24) is 65.4 Å². The lowest BCUT2D eigenvalue weighted by molar-refractivity contribution is 0.395. The third kappa shape index (κ3) is 50.0. The highest BCUT2D eigenvalue weighted by Crippen LogP contribution is 2.02. The molecule has 436 valence electrons. The lowest BCUT2D eigenvalue weighted by Crippen LogP contribution is -2.23. The molecular weight excluding hydrogens is 1060 g/mol. The number of thioether (sulfide) groups is 1. The van der Waals surface area contributed by atoms with E-state index in [2.05, 4.69) is 130 Å². The van der Waals surface area contributed by atoms with Gasteiger partial charge in [-0.05, 0) is 44.3 Å². The van der Waals surface area contributed by atoms with E-state index in [1.54, 1.807) is 105 Å². The van der Waals surface area contributed by atoms with Gasteiger partial charge in [0.25, 0.3) is 0 Å². The van der Waals surface area contributed by atoms with Gasteiger partial charge in [0, 0.05) is 148 Å². The number of aromatic nitrogens is 8. The first-order chi connectivity index (χ1) is 34.3. The molecule has 0 aliphatic carbocycles. The summed E-state index contributed by atoms with van der Waals surface area (Å²) in [5.41, 5.74) is 29.3. The number of halogens is 1. The van der Waals surface area contributed by atoms with Crippen molar-refractivity contribution >= 4 is 93.5 Å². The maximum atomic E-state index is 6.83. The van der Waals surface area contributed by atoms with E-state index in [9.17, 15) is 0 Å². The number of amidine groups is 2. The van der Waals surface area contributed by atoms with Gasteiger partial charge in [-0.25, -0.2) is 14.6 Å². The van der Waals surface area contributed by atoms with Crippen LogP contribution in [0, 0.1) is 42.0 Å². The Balaban J connectivity index is -0.000000115. The topological polar surface area (TPSA) is 409 Å². The summed E-state index contributed by atoms with van der Waals surface area (Å²) in [5.74, 6) is 3.07. The van der Waals surface area contributed by atoms with Gasteiger partial charge < -0.3 is 65.7 Å². The summed E-state index contributed by atoms with van der Waals surface area (Å²) in [6, 6.07) is 10.2. The van der Waals surface area contributed by atoms with Crippen molar-refractivity contribution < 1.29 is 4.74 Å². The highest BCUT2D eigenvalue weighted by Gasteiger charge is 2.04. The molecule has 4 aliphatic heterocycles. The Morgan fingerprint density at radius 3 is 1.56 bits per heavy atom. The first-order valence-corrected chi connectivity index (χ1v) is 23.1. The molecule has 2 fully saturated rings. The van der Waals surface area contributed by atoms with Gasteiger partial charge in [-0.1, -0.05) is 61.1 Å². The quantitative estimate of drug-likeness (QED) is 0.0391. The Bertz CT molecular complexity index is 2210. The normalized spacial score (nSPS) is 11.7. The largest absolute Gasteiger partial charge is 0.484 e. The lowest BCUT2D eigenvalue weighted by Gasteiger charge is -2.02. The molecule has 0 radical (unpaired) electrons. The van der Waals surface area contributed by atoms with E-state index in [0.717, 1.165) is 69.1 Å². The fourth-order valence-corrected chi connectivity index (χ4v) is 5.01. The molecule has 4 aliphatic rings. The number of nitrogens with two attached hydrogens (primary N) is 6. The predicted octanol–water partition coefficient (Wildman–Crippen LogP) is 1.67. The number of nitrogen functional groups attached to an aromatic ring is 1. The first-order valence-electron chi connectivity index (χ1n) is 21.0. The van der Waals surface area contributed by atoms with Crippen LogP contribution in [0.15, 0.2) is 85.9 Å². The zero-order chi connectivity index (χ0) is 53.3. The van der Waals surface area contributed by atoms with Gasteiger partial charge in [0.2, 0.25) is 11.6 Å². The number of imidazole rings is 2. The summed E-state index contributed by atoms with van der Waals surface area (Å²) in [4.78, 5) is 37.0. The molecule has 2 saturated heterocycles. The molecular formula is C46H91ClN26OS3. The van der Waals surface area contributed by atoms with Crippen LogP contribution < -0.4 is 66.6 Å². The number of nitrogens with one attached hydrogen (secondary N) is 8. The first kappa shape index (κ1) is 85.8. The summed E-state index contributed by atoms with van der Waals surface area (Å²) in [6.45, 7) is 7.81. The monoisotopic (exact) mass is 1150 g/mol. The van der Waals surface area contributed by atoms with Crippen molar-refractivity contribution in [1.29, 1.82) is 5.41 Å². The van der Waals surface area contributed by atoms with Crippen molar-refractivity contribution in [3.63, 3.8) is 0 Å². The van der Waals surface area contributed by atoms with Gasteiger partial charge in [-0.2, -0.15) is 5.10 Å². The van der Waals surface area contributed by atoms with Crippen LogP contribution in [0.2, 0.25) is 0 Å². The fourth-order valence-electron chi connectivity index (χ4n) is 4.28. The fraction of sp³-hybridized carbons (Fsp3) is 0.478. The molecule has 0 atom stereocenters. The van der Waals surface area contributed by atoms with Crippen molar-refractivity contribution in [3.8, 4) is 24.2 Å².